The molecular weight excluding hydrogens is 203 g/mol. The van der Waals surface area contributed by atoms with E-state index in [1.807, 2.05) is 26.0 Å². The van der Waals surface area contributed by atoms with Crippen LogP contribution in [0.3, 0.4) is 0 Å². The molecule has 1 N–H and O–H groups in total. The van der Waals surface area contributed by atoms with Gasteiger partial charge in [0.1, 0.15) is 5.67 Å². The number of pyridine rings is 1. The molecular formula is C13H19FN2. The van der Waals surface area contributed by atoms with Crippen LogP contribution < -0.4 is 5.32 Å². The van der Waals surface area contributed by atoms with Crippen LogP contribution in [0.25, 0.3) is 0 Å². The van der Waals surface area contributed by atoms with E-state index in [9.17, 15) is 4.39 Å². The van der Waals surface area contributed by atoms with E-state index in [2.05, 4.69) is 10.3 Å². The largest absolute Gasteiger partial charge is 0.314 e. The van der Waals surface area contributed by atoms with Crippen molar-refractivity contribution < 1.29 is 4.39 Å². The highest BCUT2D eigenvalue weighted by Crippen LogP contribution is 2.26. The zero-order chi connectivity index (χ0) is 11.6. The number of alkyl halides is 1. The number of hydrogen-bond acceptors (Lipinski definition) is 2. The maximum Gasteiger partial charge on any atom is 0.127 e. The number of rotatable bonds is 2. The summed E-state index contributed by atoms with van der Waals surface area (Å²) in [5, 5.41) is 3.13. The Morgan fingerprint density at radius 3 is 2.62 bits per heavy atom. The summed E-state index contributed by atoms with van der Waals surface area (Å²) in [5.74, 6) is 0. The second-order valence-corrected chi connectivity index (χ2v) is 4.87. The van der Waals surface area contributed by atoms with E-state index in [-0.39, 0.29) is 0 Å². The molecule has 0 spiro atoms. The maximum absolute atomic E-state index is 14.4. The highest BCUT2D eigenvalue weighted by atomic mass is 19.1. The minimum absolute atomic E-state index is 0.480. The highest BCUT2D eigenvalue weighted by Gasteiger charge is 2.31. The van der Waals surface area contributed by atoms with Crippen LogP contribution in [0.2, 0.25) is 0 Å². The molecule has 1 aliphatic rings. The summed E-state index contributed by atoms with van der Waals surface area (Å²) >= 11 is 0. The summed E-state index contributed by atoms with van der Waals surface area (Å²) < 4.78 is 14.4. The zero-order valence-corrected chi connectivity index (χ0v) is 10.0. The van der Waals surface area contributed by atoms with Gasteiger partial charge in [-0.2, -0.15) is 0 Å². The van der Waals surface area contributed by atoms with Crippen molar-refractivity contribution >= 4 is 0 Å². The van der Waals surface area contributed by atoms with Crippen molar-refractivity contribution in [3.63, 3.8) is 0 Å². The Labute approximate surface area is 96.3 Å². The Morgan fingerprint density at radius 2 is 2.06 bits per heavy atom. The summed E-state index contributed by atoms with van der Waals surface area (Å²) in [6.07, 6.45) is 2.10. The molecule has 0 aromatic carbocycles. The lowest BCUT2D eigenvalue weighted by molar-refractivity contribution is 0.122. The minimum atomic E-state index is -1.07. The predicted octanol–water partition coefficient (Wildman–Crippen LogP) is 2.33. The topological polar surface area (TPSA) is 24.9 Å². The van der Waals surface area contributed by atoms with E-state index in [1.165, 1.54) is 0 Å². The van der Waals surface area contributed by atoms with Crippen LogP contribution in [0.4, 0.5) is 4.39 Å². The number of aromatic nitrogens is 1. The molecule has 2 heterocycles. The molecule has 88 valence electrons. The van der Waals surface area contributed by atoms with Crippen LogP contribution in [0.1, 0.15) is 29.8 Å². The first kappa shape index (κ1) is 11.5. The van der Waals surface area contributed by atoms with Gasteiger partial charge in [-0.25, -0.2) is 4.39 Å². The fourth-order valence-corrected chi connectivity index (χ4v) is 2.47. The fraction of sp³-hybridized carbons (Fsp3) is 0.615. The second-order valence-electron chi connectivity index (χ2n) is 4.87. The number of aryl methyl sites for hydroxylation is 2. The number of hydrogen-bond donors (Lipinski definition) is 1. The SMILES string of the molecule is Cc1cc(CC2(F)CCCNC2)cc(C)n1. The summed E-state index contributed by atoms with van der Waals surface area (Å²) in [6, 6.07) is 3.98. The van der Waals surface area contributed by atoms with Crippen molar-refractivity contribution in [3.8, 4) is 0 Å². The van der Waals surface area contributed by atoms with Crippen LogP contribution in [0, 0.1) is 13.8 Å². The molecule has 0 radical (unpaired) electrons. The van der Waals surface area contributed by atoms with Crippen molar-refractivity contribution in [2.75, 3.05) is 13.1 Å². The molecule has 1 atom stereocenters. The van der Waals surface area contributed by atoms with E-state index >= 15 is 0 Å². The molecule has 1 unspecified atom stereocenters. The lowest BCUT2D eigenvalue weighted by Gasteiger charge is -2.30. The molecule has 1 aromatic heterocycles. The van der Waals surface area contributed by atoms with Crippen molar-refractivity contribution in [1.29, 1.82) is 0 Å². The Bertz CT molecular complexity index is 350. The van der Waals surface area contributed by atoms with E-state index in [0.29, 0.717) is 19.4 Å². The molecule has 1 fully saturated rings. The molecule has 1 aliphatic heterocycles. The molecule has 1 saturated heterocycles. The monoisotopic (exact) mass is 222 g/mol. The summed E-state index contributed by atoms with van der Waals surface area (Å²) in [5.41, 5.74) is 1.94. The van der Waals surface area contributed by atoms with Crippen molar-refractivity contribution in [3.05, 3.63) is 29.1 Å². The molecule has 3 heteroatoms. The number of nitrogens with zero attached hydrogens (tertiary/aromatic N) is 1. The van der Waals surface area contributed by atoms with E-state index in [0.717, 1.165) is 29.9 Å². The third kappa shape index (κ3) is 2.79. The molecule has 0 amide bonds. The number of piperidine rings is 1. The third-order valence-corrected chi connectivity index (χ3v) is 3.08. The lowest BCUT2D eigenvalue weighted by Crippen LogP contribution is -2.43. The average Bonchev–Trinajstić information content (AvgIpc) is 2.15. The van der Waals surface area contributed by atoms with Crippen LogP contribution in [0.5, 0.6) is 0 Å². The van der Waals surface area contributed by atoms with Gasteiger partial charge in [0, 0.05) is 24.4 Å². The van der Waals surface area contributed by atoms with Crippen LogP contribution in [-0.2, 0) is 6.42 Å². The Balaban J connectivity index is 2.13. The van der Waals surface area contributed by atoms with Gasteiger partial charge < -0.3 is 5.32 Å². The lowest BCUT2D eigenvalue weighted by atomic mass is 9.89. The van der Waals surface area contributed by atoms with Gasteiger partial charge >= 0.3 is 0 Å². The first-order valence-corrected chi connectivity index (χ1v) is 5.91. The molecule has 0 bridgehead atoms. The van der Waals surface area contributed by atoms with Gasteiger partial charge in [0.15, 0.2) is 0 Å². The summed E-state index contributed by atoms with van der Waals surface area (Å²) in [4.78, 5) is 4.31. The molecule has 0 saturated carbocycles. The number of halogens is 1. The van der Waals surface area contributed by atoms with Gasteiger partial charge in [0.05, 0.1) is 0 Å². The normalized spacial score (nSPS) is 25.7. The van der Waals surface area contributed by atoms with Crippen LogP contribution >= 0.6 is 0 Å². The molecule has 16 heavy (non-hydrogen) atoms. The van der Waals surface area contributed by atoms with Crippen molar-refractivity contribution in [2.24, 2.45) is 0 Å². The predicted molar refractivity (Wildman–Crippen MR) is 63.4 cm³/mol. The smallest absolute Gasteiger partial charge is 0.127 e. The Hall–Kier alpha value is -0.960. The Morgan fingerprint density at radius 1 is 1.38 bits per heavy atom. The number of nitrogens with one attached hydrogen (secondary N) is 1. The van der Waals surface area contributed by atoms with Crippen LogP contribution in [0.15, 0.2) is 12.1 Å². The Kier molecular flexibility index (Phi) is 3.24. The molecule has 0 aliphatic carbocycles. The average molecular weight is 222 g/mol. The van der Waals surface area contributed by atoms with Gasteiger partial charge in [-0.05, 0) is 50.9 Å². The van der Waals surface area contributed by atoms with Crippen molar-refractivity contribution in [2.45, 2.75) is 38.8 Å². The van der Waals surface area contributed by atoms with E-state index in [4.69, 9.17) is 0 Å². The van der Waals surface area contributed by atoms with E-state index in [1.54, 1.807) is 0 Å². The molecule has 1 aromatic rings. The van der Waals surface area contributed by atoms with Gasteiger partial charge in [-0.15, -0.1) is 0 Å². The first-order chi connectivity index (χ1) is 7.57. The third-order valence-electron chi connectivity index (χ3n) is 3.08. The maximum atomic E-state index is 14.4. The van der Waals surface area contributed by atoms with Gasteiger partial charge in [0.25, 0.3) is 0 Å². The van der Waals surface area contributed by atoms with Gasteiger partial charge in [-0.1, -0.05) is 0 Å². The van der Waals surface area contributed by atoms with Crippen molar-refractivity contribution in [1.82, 2.24) is 10.3 Å². The van der Waals surface area contributed by atoms with Crippen LogP contribution in [-0.4, -0.2) is 23.7 Å². The highest BCUT2D eigenvalue weighted by molar-refractivity contribution is 5.22. The quantitative estimate of drug-likeness (QED) is 0.830. The summed E-state index contributed by atoms with van der Waals surface area (Å²) in [6.45, 7) is 5.34. The second kappa shape index (κ2) is 4.50. The summed E-state index contributed by atoms with van der Waals surface area (Å²) in [7, 11) is 0. The standard InChI is InChI=1S/C13H19FN2/c1-10-6-12(7-11(2)16-10)8-13(14)4-3-5-15-9-13/h6-7,15H,3-5,8-9H2,1-2H3. The first-order valence-electron chi connectivity index (χ1n) is 5.91. The van der Waals surface area contributed by atoms with Gasteiger partial charge in [0.2, 0.25) is 0 Å². The zero-order valence-electron chi connectivity index (χ0n) is 10.0. The van der Waals surface area contributed by atoms with Gasteiger partial charge in [-0.3, -0.25) is 4.98 Å². The minimum Gasteiger partial charge on any atom is -0.314 e. The molecule has 2 rings (SSSR count). The fourth-order valence-electron chi connectivity index (χ4n) is 2.47. The van der Waals surface area contributed by atoms with E-state index < -0.39 is 5.67 Å². The molecule has 2 nitrogen and oxygen atoms in total.